The van der Waals surface area contributed by atoms with Crippen LogP contribution >= 0.6 is 0 Å². The number of hydrogen-bond acceptors (Lipinski definition) is 4. The quantitative estimate of drug-likeness (QED) is 0.408. The molecule has 0 N–H and O–H groups in total. The minimum Gasteiger partial charge on any atom is -0.768 e. The van der Waals surface area contributed by atoms with Crippen molar-refractivity contribution in [2.45, 2.75) is 4.90 Å². The first-order valence-corrected chi connectivity index (χ1v) is 4.13. The summed E-state index contributed by atoms with van der Waals surface area (Å²) in [5, 5.41) is 10.1. The van der Waals surface area contributed by atoms with Gasteiger partial charge in [0.15, 0.2) is 0 Å². The molecule has 0 aliphatic rings. The van der Waals surface area contributed by atoms with Gasteiger partial charge < -0.3 is 4.55 Å². The molecule has 0 aliphatic carbocycles. The minimum absolute atomic E-state index is 0.317. The van der Waals surface area contributed by atoms with Gasteiger partial charge in [-0.15, -0.1) is 0 Å². The summed E-state index contributed by atoms with van der Waals surface area (Å²) in [5.41, 5.74) is -0.741. The van der Waals surface area contributed by atoms with Crippen molar-refractivity contribution in [2.75, 3.05) is 0 Å². The Morgan fingerprint density at radius 2 is 2.08 bits per heavy atom. The molecule has 0 aromatic heterocycles. The van der Waals surface area contributed by atoms with Gasteiger partial charge in [0.25, 0.3) is 0 Å². The molecule has 0 aliphatic heterocycles. The molecule has 13 heavy (non-hydrogen) atoms. The summed E-state index contributed by atoms with van der Waals surface area (Å²) in [6.07, 6.45) is 0. The third kappa shape index (κ3) is 2.07. The average Bonchev–Trinajstić information content (AvgIpc) is 2.03. The highest BCUT2D eigenvalue weighted by Gasteiger charge is 2.13. The maximum Gasteiger partial charge on any atom is 0.304 e. The van der Waals surface area contributed by atoms with Crippen LogP contribution in [0.2, 0.25) is 0 Å². The first-order valence-electron chi connectivity index (χ1n) is 3.05. The van der Waals surface area contributed by atoms with Gasteiger partial charge in [0.1, 0.15) is 0 Å². The van der Waals surface area contributed by atoms with E-state index in [9.17, 15) is 23.3 Å². The van der Waals surface area contributed by atoms with Crippen LogP contribution < -0.4 is 0 Å². The van der Waals surface area contributed by atoms with Crippen molar-refractivity contribution in [1.82, 2.24) is 0 Å². The molecule has 1 rings (SSSR count). The molecule has 0 saturated heterocycles. The largest absolute Gasteiger partial charge is 0.768 e. The fourth-order valence-corrected chi connectivity index (χ4v) is 1.12. The van der Waals surface area contributed by atoms with Gasteiger partial charge in [0.05, 0.1) is 4.92 Å². The maximum atomic E-state index is 12.7. The molecule has 1 atom stereocenters. The Kier molecular flexibility index (Phi) is 2.69. The molecule has 0 saturated carbocycles. The first kappa shape index (κ1) is 9.75. The SMILES string of the molecule is O=[N+]([O-])c1ccc(S(=O)[O-])cc1F. The van der Waals surface area contributed by atoms with Crippen molar-refractivity contribution >= 4 is 16.8 Å². The molecule has 0 heterocycles. The number of benzene rings is 1. The minimum atomic E-state index is -2.57. The molecule has 0 radical (unpaired) electrons. The summed E-state index contributed by atoms with van der Waals surface area (Å²) in [5.74, 6) is -1.16. The molecule has 1 unspecified atom stereocenters. The van der Waals surface area contributed by atoms with Gasteiger partial charge >= 0.3 is 5.69 Å². The molecule has 70 valence electrons. The normalized spacial score (nSPS) is 12.5. The smallest absolute Gasteiger partial charge is 0.304 e. The summed E-state index contributed by atoms with van der Waals surface area (Å²) >= 11 is -2.57. The first-order chi connectivity index (χ1) is 6.02. The lowest BCUT2D eigenvalue weighted by Gasteiger charge is -2.03. The van der Waals surface area contributed by atoms with Crippen molar-refractivity contribution in [3.63, 3.8) is 0 Å². The number of nitro groups is 1. The zero-order valence-corrected chi connectivity index (χ0v) is 6.91. The predicted molar refractivity (Wildman–Crippen MR) is 40.2 cm³/mol. The van der Waals surface area contributed by atoms with Gasteiger partial charge in [-0.1, -0.05) is 0 Å². The van der Waals surface area contributed by atoms with E-state index in [1.165, 1.54) is 0 Å². The fraction of sp³-hybridized carbons (Fsp3) is 0. The summed E-state index contributed by atoms with van der Waals surface area (Å²) < 4.78 is 33.3. The van der Waals surface area contributed by atoms with Crippen LogP contribution in [0, 0.1) is 15.9 Å². The molecule has 7 heteroatoms. The van der Waals surface area contributed by atoms with Gasteiger partial charge in [0.2, 0.25) is 5.82 Å². The lowest BCUT2D eigenvalue weighted by Crippen LogP contribution is -1.95. The van der Waals surface area contributed by atoms with Crippen molar-refractivity contribution in [3.05, 3.63) is 34.1 Å². The van der Waals surface area contributed by atoms with Crippen molar-refractivity contribution in [2.24, 2.45) is 0 Å². The lowest BCUT2D eigenvalue weighted by atomic mass is 10.3. The number of nitro benzene ring substituents is 1. The molecular formula is C6H3FNO4S-. The van der Waals surface area contributed by atoms with Crippen LogP contribution in [0.15, 0.2) is 23.1 Å². The third-order valence-electron chi connectivity index (χ3n) is 1.31. The van der Waals surface area contributed by atoms with E-state index in [1.54, 1.807) is 0 Å². The number of halogens is 1. The van der Waals surface area contributed by atoms with E-state index < -0.39 is 27.5 Å². The van der Waals surface area contributed by atoms with Crippen molar-refractivity contribution < 1.29 is 18.1 Å². The highest BCUT2D eigenvalue weighted by molar-refractivity contribution is 7.79. The zero-order chi connectivity index (χ0) is 10.0. The summed E-state index contributed by atoms with van der Waals surface area (Å²) in [6.45, 7) is 0. The Morgan fingerprint density at radius 3 is 2.46 bits per heavy atom. The van der Waals surface area contributed by atoms with Gasteiger partial charge in [-0.2, -0.15) is 4.39 Å². The second-order valence-corrected chi connectivity index (χ2v) is 3.05. The Bertz CT molecular complexity index is 381. The molecule has 0 amide bonds. The number of hydrogen-bond donors (Lipinski definition) is 0. The third-order valence-corrected chi connectivity index (χ3v) is 1.95. The topological polar surface area (TPSA) is 83.3 Å². The standard InChI is InChI=1S/C6H4FNO4S/c7-5-3-4(13(11)12)1-2-6(5)8(9)10/h1-3H,(H,11,12)/p-1. The lowest BCUT2D eigenvalue weighted by molar-refractivity contribution is -0.387. The van der Waals surface area contributed by atoms with Gasteiger partial charge in [-0.05, 0) is 23.2 Å². The fourth-order valence-electron chi connectivity index (χ4n) is 0.739. The van der Waals surface area contributed by atoms with E-state index in [2.05, 4.69) is 0 Å². The maximum absolute atomic E-state index is 12.7. The summed E-state index contributed by atoms with van der Waals surface area (Å²) in [7, 11) is 0. The molecule has 0 spiro atoms. The van der Waals surface area contributed by atoms with E-state index in [-0.39, 0.29) is 4.90 Å². The van der Waals surface area contributed by atoms with Crippen molar-refractivity contribution in [1.29, 1.82) is 0 Å². The highest BCUT2D eigenvalue weighted by atomic mass is 32.2. The van der Waals surface area contributed by atoms with Crippen LogP contribution in [0.3, 0.4) is 0 Å². The van der Waals surface area contributed by atoms with Crippen LogP contribution in [0.5, 0.6) is 0 Å². The Morgan fingerprint density at radius 1 is 1.46 bits per heavy atom. The van der Waals surface area contributed by atoms with E-state index in [0.717, 1.165) is 12.1 Å². The Hall–Kier alpha value is -1.34. The predicted octanol–water partition coefficient (Wildman–Crippen LogP) is 0.972. The Labute approximate surface area is 74.6 Å². The monoisotopic (exact) mass is 204 g/mol. The second kappa shape index (κ2) is 3.58. The zero-order valence-electron chi connectivity index (χ0n) is 6.10. The van der Waals surface area contributed by atoms with Crippen LogP contribution in [0.1, 0.15) is 0 Å². The molecule has 0 bridgehead atoms. The van der Waals surface area contributed by atoms with E-state index in [1.807, 2.05) is 0 Å². The van der Waals surface area contributed by atoms with Crippen molar-refractivity contribution in [3.8, 4) is 0 Å². The van der Waals surface area contributed by atoms with E-state index >= 15 is 0 Å². The van der Waals surface area contributed by atoms with Gasteiger partial charge in [-0.25, -0.2) is 0 Å². The van der Waals surface area contributed by atoms with Gasteiger partial charge in [-0.3, -0.25) is 14.3 Å². The average molecular weight is 204 g/mol. The molecule has 1 aromatic carbocycles. The Balaban J connectivity index is 3.20. The van der Waals surface area contributed by atoms with Crippen LogP contribution in [0.25, 0.3) is 0 Å². The number of nitrogens with zero attached hydrogens (tertiary/aromatic N) is 1. The second-order valence-electron chi connectivity index (χ2n) is 2.11. The molecule has 5 nitrogen and oxygen atoms in total. The number of rotatable bonds is 2. The van der Waals surface area contributed by atoms with E-state index in [4.69, 9.17) is 0 Å². The molecular weight excluding hydrogens is 201 g/mol. The van der Waals surface area contributed by atoms with Crippen LogP contribution in [-0.4, -0.2) is 13.7 Å². The van der Waals surface area contributed by atoms with Gasteiger partial charge in [0, 0.05) is 11.0 Å². The summed E-state index contributed by atoms with van der Waals surface area (Å²) in [4.78, 5) is 8.87. The van der Waals surface area contributed by atoms with Crippen LogP contribution in [-0.2, 0) is 11.1 Å². The molecule has 0 fully saturated rings. The molecule has 1 aromatic rings. The van der Waals surface area contributed by atoms with E-state index in [0.29, 0.717) is 6.07 Å². The highest BCUT2D eigenvalue weighted by Crippen LogP contribution is 2.19. The van der Waals surface area contributed by atoms with Crippen LogP contribution in [0.4, 0.5) is 10.1 Å². The summed E-state index contributed by atoms with van der Waals surface area (Å²) in [6, 6.07) is 2.37.